The van der Waals surface area contributed by atoms with E-state index < -0.39 is 47.0 Å². The van der Waals surface area contributed by atoms with E-state index in [-0.39, 0.29) is 43.0 Å². The Kier molecular flexibility index (Phi) is 5.57. The number of alkyl halides is 3. The average molecular weight is 542 g/mol. The van der Waals surface area contributed by atoms with Gasteiger partial charge in [0.05, 0.1) is 30.2 Å². The summed E-state index contributed by atoms with van der Waals surface area (Å²) < 4.78 is 46.2. The number of anilines is 2. The molecule has 6 rings (SSSR count). The van der Waals surface area contributed by atoms with Crippen molar-refractivity contribution in [3.63, 3.8) is 0 Å². The van der Waals surface area contributed by atoms with Crippen LogP contribution in [0.1, 0.15) is 54.5 Å². The minimum Gasteiger partial charge on any atom is -0.465 e. The molecule has 2 aliphatic carbocycles. The van der Waals surface area contributed by atoms with Gasteiger partial charge in [-0.15, -0.1) is 0 Å². The Balaban J connectivity index is 1.42. The maximum absolute atomic E-state index is 13.9. The molecule has 1 spiro atoms. The first-order chi connectivity index (χ1) is 18.5. The molecular formula is C28H26F3N3O5. The van der Waals surface area contributed by atoms with Gasteiger partial charge in [-0.3, -0.25) is 24.2 Å². The van der Waals surface area contributed by atoms with Gasteiger partial charge in [0.1, 0.15) is 0 Å². The van der Waals surface area contributed by atoms with Gasteiger partial charge in [0.2, 0.25) is 11.8 Å². The number of rotatable bonds is 4. The Hall–Kier alpha value is -3.89. The molecule has 1 saturated heterocycles. The number of ether oxygens (including phenoxy) is 1. The predicted molar refractivity (Wildman–Crippen MR) is 133 cm³/mol. The minimum absolute atomic E-state index is 0.0103. The van der Waals surface area contributed by atoms with Crippen molar-refractivity contribution < 1.29 is 37.1 Å². The number of fused-ring (bicyclic) bond motifs is 3. The van der Waals surface area contributed by atoms with Crippen LogP contribution in [0.5, 0.6) is 0 Å². The maximum atomic E-state index is 13.9. The molecule has 2 atom stereocenters. The number of urea groups is 1. The first-order valence-electron chi connectivity index (χ1n) is 12.9. The molecule has 1 saturated carbocycles. The van der Waals surface area contributed by atoms with Crippen molar-refractivity contribution >= 4 is 35.2 Å². The van der Waals surface area contributed by atoms with Crippen LogP contribution < -0.4 is 9.80 Å². The highest BCUT2D eigenvalue weighted by molar-refractivity contribution is 6.14. The number of hydrogen-bond acceptors (Lipinski definition) is 5. The Morgan fingerprint density at radius 3 is 2.54 bits per heavy atom. The molecule has 0 radical (unpaired) electrons. The van der Waals surface area contributed by atoms with Gasteiger partial charge in [-0.25, -0.2) is 4.79 Å². The minimum atomic E-state index is -4.58. The number of amides is 4. The zero-order chi connectivity index (χ0) is 27.9. The van der Waals surface area contributed by atoms with E-state index in [0.717, 1.165) is 22.2 Å². The van der Waals surface area contributed by atoms with E-state index in [4.69, 9.17) is 4.74 Å². The molecule has 2 fully saturated rings. The zero-order valence-electron chi connectivity index (χ0n) is 21.4. The number of benzene rings is 2. The lowest BCUT2D eigenvalue weighted by Gasteiger charge is -2.40. The number of carbonyl (C=O) groups is 4. The molecule has 4 aliphatic rings. The molecule has 1 unspecified atom stereocenters. The van der Waals surface area contributed by atoms with Crippen LogP contribution in [-0.2, 0) is 37.1 Å². The molecule has 4 amide bonds. The number of nitrogens with zero attached hydrogens (tertiary/aromatic N) is 3. The van der Waals surface area contributed by atoms with Crippen molar-refractivity contribution in [2.24, 2.45) is 5.92 Å². The summed E-state index contributed by atoms with van der Waals surface area (Å²) in [5.41, 5.74) is 0.821. The van der Waals surface area contributed by atoms with Crippen LogP contribution in [0.15, 0.2) is 36.4 Å². The largest absolute Gasteiger partial charge is 0.465 e. The summed E-state index contributed by atoms with van der Waals surface area (Å²) in [6.45, 7) is 1.35. The van der Waals surface area contributed by atoms with Crippen molar-refractivity contribution in [1.29, 1.82) is 0 Å². The second kappa shape index (κ2) is 8.56. The standard InChI is InChI=1S/C28H26F3N3O5/c1-3-39-24(36)18-14-33(15-7-9-22-20(13-15)27(11-12-27)25(37)32(22)2)26(38)34(23(18)35)21-10-8-16-17(21)5-4-6-19(16)28(29,30)31/h4-7,9,13,18,21H,3,8,10-12,14H2,1-2H3/t18?,21-/m1/s1. The lowest BCUT2D eigenvalue weighted by molar-refractivity contribution is -0.155. The number of halogens is 3. The highest BCUT2D eigenvalue weighted by Gasteiger charge is 2.59. The van der Waals surface area contributed by atoms with Crippen molar-refractivity contribution in [2.75, 3.05) is 30.0 Å². The van der Waals surface area contributed by atoms with Crippen LogP contribution in [0.2, 0.25) is 0 Å². The third-order valence-corrected chi connectivity index (χ3v) is 8.40. The van der Waals surface area contributed by atoms with Crippen molar-refractivity contribution in [3.05, 3.63) is 58.7 Å². The molecule has 2 aliphatic heterocycles. The van der Waals surface area contributed by atoms with Crippen molar-refractivity contribution in [3.8, 4) is 0 Å². The van der Waals surface area contributed by atoms with E-state index in [2.05, 4.69) is 0 Å². The number of likely N-dealkylation sites (N-methyl/N-ethyl adjacent to an activating group) is 1. The SMILES string of the molecule is CCOC(=O)C1CN(c2ccc3c(c2)C2(CC2)C(=O)N3C)C(=O)N([C@@H]2CCc3c2cccc3C(F)(F)F)C1=O. The van der Waals surface area contributed by atoms with Crippen molar-refractivity contribution in [2.45, 2.75) is 50.2 Å². The Morgan fingerprint density at radius 2 is 1.87 bits per heavy atom. The Morgan fingerprint density at radius 1 is 1.13 bits per heavy atom. The number of hydrogen-bond donors (Lipinski definition) is 0. The lowest BCUT2D eigenvalue weighted by atomic mass is 9.96. The fourth-order valence-electron chi connectivity index (χ4n) is 6.34. The molecular weight excluding hydrogens is 515 g/mol. The first kappa shape index (κ1) is 25.4. The smallest absolute Gasteiger partial charge is 0.416 e. The summed E-state index contributed by atoms with van der Waals surface area (Å²) in [5.74, 6) is -2.95. The van der Waals surface area contributed by atoms with E-state index in [9.17, 15) is 32.3 Å². The number of imide groups is 1. The van der Waals surface area contributed by atoms with Crippen LogP contribution in [0, 0.1) is 5.92 Å². The summed E-state index contributed by atoms with van der Waals surface area (Å²) in [7, 11) is 1.70. The summed E-state index contributed by atoms with van der Waals surface area (Å²) in [6.07, 6.45) is -3.06. The molecule has 8 nitrogen and oxygen atoms in total. The fourth-order valence-corrected chi connectivity index (χ4v) is 6.34. The Bertz CT molecular complexity index is 1430. The van der Waals surface area contributed by atoms with Crippen molar-refractivity contribution in [1.82, 2.24) is 4.90 Å². The van der Waals surface area contributed by atoms with Crippen LogP contribution in [0.3, 0.4) is 0 Å². The molecule has 0 bridgehead atoms. The van der Waals surface area contributed by atoms with Crippen LogP contribution >= 0.6 is 0 Å². The second-order valence-corrected chi connectivity index (χ2v) is 10.5. The predicted octanol–water partition coefficient (Wildman–Crippen LogP) is 4.35. The highest BCUT2D eigenvalue weighted by atomic mass is 19.4. The number of carbonyl (C=O) groups excluding carboxylic acids is 4. The van der Waals surface area contributed by atoms with E-state index in [0.29, 0.717) is 18.5 Å². The topological polar surface area (TPSA) is 87.2 Å². The zero-order valence-corrected chi connectivity index (χ0v) is 21.4. The van der Waals surface area contributed by atoms with Gasteiger partial charge >= 0.3 is 18.2 Å². The van der Waals surface area contributed by atoms with Crippen LogP contribution in [0.25, 0.3) is 0 Å². The van der Waals surface area contributed by atoms with E-state index in [1.807, 2.05) is 0 Å². The van der Waals surface area contributed by atoms with Gasteiger partial charge in [-0.2, -0.15) is 13.2 Å². The van der Waals surface area contributed by atoms with E-state index >= 15 is 0 Å². The molecule has 0 N–H and O–H groups in total. The van der Waals surface area contributed by atoms with Gasteiger partial charge in [-0.05, 0) is 73.6 Å². The molecule has 0 aromatic heterocycles. The van der Waals surface area contributed by atoms with Gasteiger partial charge in [0.15, 0.2) is 5.92 Å². The number of esters is 1. The molecule has 2 aromatic carbocycles. The lowest BCUT2D eigenvalue weighted by Crippen LogP contribution is -2.59. The average Bonchev–Trinajstić information content (AvgIpc) is 3.56. The summed E-state index contributed by atoms with van der Waals surface area (Å²) in [4.78, 5) is 57.0. The normalized spacial score (nSPS) is 23.4. The Labute approximate surface area is 222 Å². The van der Waals surface area contributed by atoms with Gasteiger partial charge in [0.25, 0.3) is 0 Å². The fraction of sp³-hybridized carbons (Fsp3) is 0.429. The van der Waals surface area contributed by atoms with E-state index in [1.165, 1.54) is 17.0 Å². The molecule has 2 aromatic rings. The van der Waals surface area contributed by atoms with Crippen LogP contribution in [-0.4, -0.2) is 48.9 Å². The molecule has 204 valence electrons. The van der Waals surface area contributed by atoms with Crippen LogP contribution in [0.4, 0.5) is 29.3 Å². The summed E-state index contributed by atoms with van der Waals surface area (Å²) >= 11 is 0. The summed E-state index contributed by atoms with van der Waals surface area (Å²) in [5, 5.41) is 0. The molecule has 39 heavy (non-hydrogen) atoms. The third kappa shape index (κ3) is 3.65. The van der Waals surface area contributed by atoms with Gasteiger partial charge in [0, 0.05) is 18.4 Å². The molecule has 11 heteroatoms. The van der Waals surface area contributed by atoms with Gasteiger partial charge in [-0.1, -0.05) is 12.1 Å². The maximum Gasteiger partial charge on any atom is 0.416 e. The first-order valence-corrected chi connectivity index (χ1v) is 12.9. The highest BCUT2D eigenvalue weighted by Crippen LogP contribution is 2.57. The van der Waals surface area contributed by atoms with E-state index in [1.54, 1.807) is 37.1 Å². The van der Waals surface area contributed by atoms with Gasteiger partial charge < -0.3 is 9.64 Å². The third-order valence-electron chi connectivity index (χ3n) is 8.40. The monoisotopic (exact) mass is 541 g/mol. The summed E-state index contributed by atoms with van der Waals surface area (Å²) in [6, 6.07) is 7.22. The second-order valence-electron chi connectivity index (χ2n) is 10.5. The molecule has 2 heterocycles. The quantitative estimate of drug-likeness (QED) is 0.425.